The zero-order valence-electron chi connectivity index (χ0n) is 6.90. The largest absolute Gasteiger partial charge is 0.618 e. The number of alkyl halides is 1. The molecule has 13 heavy (non-hydrogen) atoms. The Labute approximate surface area is 84.5 Å². The van der Waals surface area contributed by atoms with Gasteiger partial charge in [0.1, 0.15) is 0 Å². The van der Waals surface area contributed by atoms with Crippen molar-refractivity contribution in [2.24, 2.45) is 0 Å². The van der Waals surface area contributed by atoms with Crippen LogP contribution < -0.4 is 4.73 Å². The fourth-order valence-corrected chi connectivity index (χ4v) is 1.94. The van der Waals surface area contributed by atoms with Crippen LogP contribution in [0.1, 0.15) is 5.69 Å². The summed E-state index contributed by atoms with van der Waals surface area (Å²) in [7, 11) is 0. The molecule has 0 amide bonds. The van der Waals surface area contributed by atoms with E-state index in [1.807, 2.05) is 30.3 Å². The second-order valence-electron chi connectivity index (χ2n) is 2.81. The molecule has 0 N–H and O–H groups in total. The number of rotatable bonds is 1. The first-order valence-electron chi connectivity index (χ1n) is 3.98. The molecule has 0 atom stereocenters. The Morgan fingerprint density at radius 2 is 2.00 bits per heavy atom. The molecular weight excluding hydrogens is 230 g/mol. The van der Waals surface area contributed by atoms with Gasteiger partial charge in [-0.15, -0.1) is 0 Å². The molecule has 0 aliphatic heterocycles. The van der Waals surface area contributed by atoms with Gasteiger partial charge in [0.2, 0.25) is 5.69 Å². The lowest BCUT2D eigenvalue weighted by Gasteiger charge is -2.04. The van der Waals surface area contributed by atoms with Crippen molar-refractivity contribution in [1.29, 1.82) is 0 Å². The average Bonchev–Trinajstić information content (AvgIpc) is 2.18. The van der Waals surface area contributed by atoms with Gasteiger partial charge in [-0.2, -0.15) is 4.73 Å². The van der Waals surface area contributed by atoms with Gasteiger partial charge in [0.15, 0.2) is 6.20 Å². The summed E-state index contributed by atoms with van der Waals surface area (Å²) < 4.78 is 0.900. The van der Waals surface area contributed by atoms with E-state index in [-0.39, 0.29) is 0 Å². The van der Waals surface area contributed by atoms with E-state index in [1.54, 1.807) is 6.20 Å². The van der Waals surface area contributed by atoms with Crippen molar-refractivity contribution in [3.05, 3.63) is 47.4 Å². The number of halogens is 1. The molecule has 0 saturated heterocycles. The topological polar surface area (TPSA) is 26.9 Å². The fraction of sp³-hybridized carbons (Fsp3) is 0.100. The zero-order chi connectivity index (χ0) is 9.26. The summed E-state index contributed by atoms with van der Waals surface area (Å²) in [4.78, 5) is 0. The molecular formula is C10H8BrNO. The van der Waals surface area contributed by atoms with E-state index in [4.69, 9.17) is 0 Å². The number of fused-ring (bicyclic) bond motifs is 1. The molecule has 0 saturated carbocycles. The lowest BCUT2D eigenvalue weighted by Crippen LogP contribution is -2.30. The van der Waals surface area contributed by atoms with Crippen LogP contribution in [-0.4, -0.2) is 0 Å². The lowest BCUT2D eigenvalue weighted by molar-refractivity contribution is -0.611. The normalized spacial score (nSPS) is 10.5. The van der Waals surface area contributed by atoms with E-state index < -0.39 is 0 Å². The highest BCUT2D eigenvalue weighted by atomic mass is 79.9. The maximum absolute atomic E-state index is 11.4. The number of hydrogen-bond acceptors (Lipinski definition) is 1. The second kappa shape index (κ2) is 3.34. The third-order valence-corrected chi connectivity index (χ3v) is 2.58. The van der Waals surface area contributed by atoms with E-state index in [1.165, 1.54) is 0 Å². The Morgan fingerprint density at radius 1 is 1.23 bits per heavy atom. The standard InChI is InChI=1S/C10H8BrNO/c11-7-10-9-4-2-1-3-8(9)5-6-12(10)13/h1-6H,7H2. The third-order valence-electron chi connectivity index (χ3n) is 2.05. The first-order valence-corrected chi connectivity index (χ1v) is 5.11. The first kappa shape index (κ1) is 8.51. The van der Waals surface area contributed by atoms with Gasteiger partial charge in [-0.05, 0) is 11.5 Å². The minimum atomic E-state index is 0.581. The van der Waals surface area contributed by atoms with Crippen molar-refractivity contribution in [1.82, 2.24) is 0 Å². The summed E-state index contributed by atoms with van der Waals surface area (Å²) in [6, 6.07) is 9.69. The highest BCUT2D eigenvalue weighted by Gasteiger charge is 2.07. The lowest BCUT2D eigenvalue weighted by atomic mass is 10.1. The molecule has 0 fully saturated rings. The molecule has 66 valence electrons. The first-order chi connectivity index (χ1) is 6.33. The monoisotopic (exact) mass is 237 g/mol. The van der Waals surface area contributed by atoms with Crippen LogP contribution in [0.4, 0.5) is 0 Å². The average molecular weight is 238 g/mol. The van der Waals surface area contributed by atoms with Crippen LogP contribution in [0.25, 0.3) is 10.8 Å². The van der Waals surface area contributed by atoms with Crippen LogP contribution in [0.3, 0.4) is 0 Å². The van der Waals surface area contributed by atoms with Crippen molar-refractivity contribution in [2.75, 3.05) is 0 Å². The van der Waals surface area contributed by atoms with Crippen molar-refractivity contribution >= 4 is 26.7 Å². The summed E-state index contributed by atoms with van der Waals surface area (Å²) in [6.07, 6.45) is 1.54. The molecule has 1 heterocycles. The van der Waals surface area contributed by atoms with Crippen molar-refractivity contribution in [3.8, 4) is 0 Å². The van der Waals surface area contributed by atoms with Gasteiger partial charge in [-0.3, -0.25) is 0 Å². The Balaban J connectivity index is 2.84. The van der Waals surface area contributed by atoms with Gasteiger partial charge in [-0.25, -0.2) is 0 Å². The molecule has 0 bridgehead atoms. The van der Waals surface area contributed by atoms with Crippen LogP contribution in [0, 0.1) is 5.21 Å². The third kappa shape index (κ3) is 1.40. The van der Waals surface area contributed by atoms with Gasteiger partial charge < -0.3 is 5.21 Å². The molecule has 1 aromatic heterocycles. The summed E-state index contributed by atoms with van der Waals surface area (Å²) in [5.41, 5.74) is 0.762. The maximum Gasteiger partial charge on any atom is 0.211 e. The van der Waals surface area contributed by atoms with Crippen LogP contribution in [0.5, 0.6) is 0 Å². The Kier molecular flexibility index (Phi) is 2.19. The minimum absolute atomic E-state index is 0.581. The Hall–Kier alpha value is -1.09. The molecule has 0 radical (unpaired) electrons. The van der Waals surface area contributed by atoms with E-state index in [9.17, 15) is 5.21 Å². The van der Waals surface area contributed by atoms with Gasteiger partial charge in [-0.1, -0.05) is 34.1 Å². The highest BCUT2D eigenvalue weighted by Crippen LogP contribution is 2.16. The minimum Gasteiger partial charge on any atom is -0.618 e. The molecule has 0 aliphatic rings. The molecule has 0 spiro atoms. The number of aromatic nitrogens is 1. The summed E-state index contributed by atoms with van der Waals surface area (Å²) >= 11 is 3.31. The van der Waals surface area contributed by atoms with E-state index in [0.29, 0.717) is 5.33 Å². The summed E-state index contributed by atoms with van der Waals surface area (Å²) in [6.45, 7) is 0. The van der Waals surface area contributed by atoms with Crippen molar-refractivity contribution in [2.45, 2.75) is 5.33 Å². The van der Waals surface area contributed by atoms with E-state index >= 15 is 0 Å². The maximum atomic E-state index is 11.4. The predicted octanol–water partition coefficient (Wildman–Crippen LogP) is 2.37. The second-order valence-corrected chi connectivity index (χ2v) is 3.37. The van der Waals surface area contributed by atoms with Crippen molar-refractivity contribution in [3.63, 3.8) is 0 Å². The van der Waals surface area contributed by atoms with Gasteiger partial charge >= 0.3 is 0 Å². The molecule has 2 rings (SSSR count). The molecule has 2 aromatic rings. The molecule has 3 heteroatoms. The van der Waals surface area contributed by atoms with Gasteiger partial charge in [0.25, 0.3) is 0 Å². The summed E-state index contributed by atoms with van der Waals surface area (Å²) in [5.74, 6) is 0. The van der Waals surface area contributed by atoms with Crippen molar-refractivity contribution < 1.29 is 4.73 Å². The summed E-state index contributed by atoms with van der Waals surface area (Å²) in [5, 5.41) is 14.0. The number of hydrogen-bond donors (Lipinski definition) is 0. The zero-order valence-corrected chi connectivity index (χ0v) is 8.49. The molecule has 1 aromatic carbocycles. The highest BCUT2D eigenvalue weighted by molar-refractivity contribution is 9.08. The van der Waals surface area contributed by atoms with E-state index in [0.717, 1.165) is 21.2 Å². The molecule has 0 unspecified atom stereocenters. The Bertz CT molecular complexity index is 442. The fourth-order valence-electron chi connectivity index (χ4n) is 1.39. The van der Waals surface area contributed by atoms with E-state index in [2.05, 4.69) is 15.9 Å². The van der Waals surface area contributed by atoms with Crippen LogP contribution in [0.15, 0.2) is 36.5 Å². The number of pyridine rings is 1. The quantitative estimate of drug-likeness (QED) is 0.425. The predicted molar refractivity (Wildman–Crippen MR) is 55.5 cm³/mol. The van der Waals surface area contributed by atoms with Gasteiger partial charge in [0.05, 0.1) is 10.7 Å². The van der Waals surface area contributed by atoms with Crippen LogP contribution in [-0.2, 0) is 5.33 Å². The Morgan fingerprint density at radius 3 is 2.77 bits per heavy atom. The van der Waals surface area contributed by atoms with Gasteiger partial charge in [0, 0.05) is 6.07 Å². The molecule has 0 aliphatic carbocycles. The number of benzene rings is 1. The van der Waals surface area contributed by atoms with Crippen LogP contribution >= 0.6 is 15.9 Å². The SMILES string of the molecule is [O-][n+]1ccc2ccccc2c1CBr. The smallest absolute Gasteiger partial charge is 0.211 e. The number of nitrogens with zero attached hydrogens (tertiary/aromatic N) is 1. The molecule has 2 nitrogen and oxygen atoms in total. The van der Waals surface area contributed by atoms with Crippen LogP contribution in [0.2, 0.25) is 0 Å².